The number of aromatic nitrogens is 1. The molecular formula is C15H23N3O2S. The van der Waals surface area contributed by atoms with E-state index in [1.807, 2.05) is 0 Å². The second-order valence-electron chi connectivity index (χ2n) is 5.97. The Morgan fingerprint density at radius 3 is 3.00 bits per heavy atom. The number of carbonyl (C=O) groups is 1. The molecule has 1 N–H and O–H groups in total. The summed E-state index contributed by atoms with van der Waals surface area (Å²) in [6.07, 6.45) is 7.19. The van der Waals surface area contributed by atoms with Gasteiger partial charge in [0.1, 0.15) is 0 Å². The number of urea groups is 1. The Bertz CT molecular complexity index is 476. The molecule has 0 unspecified atom stereocenters. The van der Waals surface area contributed by atoms with Crippen LogP contribution in [-0.2, 0) is 17.6 Å². The van der Waals surface area contributed by atoms with E-state index in [-0.39, 0.29) is 6.03 Å². The molecule has 3 rings (SSSR count). The van der Waals surface area contributed by atoms with Gasteiger partial charge < -0.3 is 9.64 Å². The number of aryl methyl sites for hydroxylation is 2. The quantitative estimate of drug-likeness (QED) is 0.822. The molecule has 1 heterocycles. The zero-order chi connectivity index (χ0) is 14.7. The smallest absolute Gasteiger partial charge is 0.323 e. The SMILES string of the molecule is CN(CCOCC1CC1)C(=O)Nc1nc2c(s1)CCCC2. The summed E-state index contributed by atoms with van der Waals surface area (Å²) in [5.41, 5.74) is 1.18. The molecule has 1 aromatic rings. The summed E-state index contributed by atoms with van der Waals surface area (Å²) in [6, 6.07) is -0.101. The number of thiazole rings is 1. The number of anilines is 1. The summed E-state index contributed by atoms with van der Waals surface area (Å²) < 4.78 is 5.56. The van der Waals surface area contributed by atoms with Crippen molar-refractivity contribution in [2.45, 2.75) is 38.5 Å². The van der Waals surface area contributed by atoms with E-state index >= 15 is 0 Å². The first-order valence-electron chi connectivity index (χ1n) is 7.81. The number of amides is 2. The van der Waals surface area contributed by atoms with Crippen molar-refractivity contribution in [3.63, 3.8) is 0 Å². The van der Waals surface area contributed by atoms with E-state index in [0.717, 1.165) is 30.5 Å². The molecule has 0 radical (unpaired) electrons. The molecule has 0 aliphatic heterocycles. The van der Waals surface area contributed by atoms with Gasteiger partial charge >= 0.3 is 6.03 Å². The number of ether oxygens (including phenoxy) is 1. The van der Waals surface area contributed by atoms with Gasteiger partial charge in [-0.2, -0.15) is 0 Å². The minimum absolute atomic E-state index is 0.101. The van der Waals surface area contributed by atoms with Crippen LogP contribution in [0, 0.1) is 5.92 Å². The highest BCUT2D eigenvalue weighted by Gasteiger charge is 2.21. The lowest BCUT2D eigenvalue weighted by Gasteiger charge is -2.16. The van der Waals surface area contributed by atoms with Gasteiger partial charge in [0.05, 0.1) is 12.3 Å². The van der Waals surface area contributed by atoms with E-state index in [4.69, 9.17) is 4.74 Å². The number of nitrogens with zero attached hydrogens (tertiary/aromatic N) is 2. The molecule has 5 nitrogen and oxygen atoms in total. The molecule has 2 amide bonds. The van der Waals surface area contributed by atoms with Crippen LogP contribution in [0.2, 0.25) is 0 Å². The van der Waals surface area contributed by atoms with E-state index in [9.17, 15) is 4.79 Å². The van der Waals surface area contributed by atoms with Crippen LogP contribution >= 0.6 is 11.3 Å². The molecule has 1 fully saturated rings. The van der Waals surface area contributed by atoms with Gasteiger partial charge in [0.2, 0.25) is 0 Å². The summed E-state index contributed by atoms with van der Waals surface area (Å²) in [5.74, 6) is 0.769. The first kappa shape index (κ1) is 14.8. The summed E-state index contributed by atoms with van der Waals surface area (Å²) in [6.45, 7) is 2.06. The zero-order valence-corrected chi connectivity index (χ0v) is 13.4. The molecule has 0 atom stereocenters. The predicted octanol–water partition coefficient (Wildman–Crippen LogP) is 2.91. The second-order valence-corrected chi connectivity index (χ2v) is 7.05. The van der Waals surface area contributed by atoms with E-state index in [0.29, 0.717) is 13.2 Å². The number of fused-ring (bicyclic) bond motifs is 1. The van der Waals surface area contributed by atoms with Gasteiger partial charge in [0.15, 0.2) is 5.13 Å². The average molecular weight is 309 g/mol. The molecule has 0 saturated heterocycles. The Morgan fingerprint density at radius 1 is 1.43 bits per heavy atom. The maximum atomic E-state index is 12.1. The van der Waals surface area contributed by atoms with Gasteiger partial charge in [-0.1, -0.05) is 0 Å². The van der Waals surface area contributed by atoms with Crippen molar-refractivity contribution in [1.82, 2.24) is 9.88 Å². The summed E-state index contributed by atoms with van der Waals surface area (Å²) >= 11 is 1.62. The lowest BCUT2D eigenvalue weighted by Crippen LogP contribution is -2.34. The van der Waals surface area contributed by atoms with Gasteiger partial charge in [0.25, 0.3) is 0 Å². The van der Waals surface area contributed by atoms with Crippen molar-refractivity contribution >= 4 is 22.5 Å². The van der Waals surface area contributed by atoms with Gasteiger partial charge in [-0.05, 0) is 44.4 Å². The van der Waals surface area contributed by atoms with Crippen molar-refractivity contribution in [2.75, 3.05) is 32.1 Å². The molecular weight excluding hydrogens is 286 g/mol. The molecule has 2 aliphatic rings. The van der Waals surface area contributed by atoms with Crippen LogP contribution in [0.5, 0.6) is 0 Å². The largest absolute Gasteiger partial charge is 0.379 e. The molecule has 1 saturated carbocycles. The maximum Gasteiger partial charge on any atom is 0.323 e. The Kier molecular flexibility index (Phi) is 4.75. The Morgan fingerprint density at radius 2 is 2.24 bits per heavy atom. The number of hydrogen-bond acceptors (Lipinski definition) is 4. The molecule has 2 aliphatic carbocycles. The number of rotatable bonds is 6. The van der Waals surface area contributed by atoms with E-state index < -0.39 is 0 Å². The fourth-order valence-electron chi connectivity index (χ4n) is 2.43. The molecule has 0 spiro atoms. The van der Waals surface area contributed by atoms with Crippen LogP contribution in [0.15, 0.2) is 0 Å². The normalized spacial score (nSPS) is 17.4. The second kappa shape index (κ2) is 6.75. The van der Waals surface area contributed by atoms with Crippen LogP contribution < -0.4 is 5.32 Å². The highest BCUT2D eigenvalue weighted by Crippen LogP contribution is 2.30. The van der Waals surface area contributed by atoms with Crippen LogP contribution in [-0.4, -0.2) is 42.7 Å². The van der Waals surface area contributed by atoms with Crippen molar-refractivity contribution in [3.05, 3.63) is 10.6 Å². The van der Waals surface area contributed by atoms with Gasteiger partial charge in [-0.3, -0.25) is 5.32 Å². The lowest BCUT2D eigenvalue weighted by molar-refractivity contribution is 0.109. The van der Waals surface area contributed by atoms with Crippen LogP contribution in [0.3, 0.4) is 0 Å². The van der Waals surface area contributed by atoms with Crippen LogP contribution in [0.4, 0.5) is 9.93 Å². The maximum absolute atomic E-state index is 12.1. The zero-order valence-electron chi connectivity index (χ0n) is 12.6. The van der Waals surface area contributed by atoms with Crippen molar-refractivity contribution in [1.29, 1.82) is 0 Å². The van der Waals surface area contributed by atoms with Crippen molar-refractivity contribution in [2.24, 2.45) is 5.92 Å². The van der Waals surface area contributed by atoms with Crippen LogP contribution in [0.25, 0.3) is 0 Å². The molecule has 0 aromatic carbocycles. The average Bonchev–Trinajstić information content (AvgIpc) is 3.21. The Hall–Kier alpha value is -1.14. The fraction of sp³-hybridized carbons (Fsp3) is 0.733. The van der Waals surface area contributed by atoms with E-state index in [2.05, 4.69) is 10.3 Å². The highest BCUT2D eigenvalue weighted by atomic mass is 32.1. The summed E-state index contributed by atoms with van der Waals surface area (Å²) in [4.78, 5) is 19.6. The molecule has 116 valence electrons. The molecule has 1 aromatic heterocycles. The number of hydrogen-bond donors (Lipinski definition) is 1. The Labute approximate surface area is 129 Å². The standard InChI is InChI=1S/C15H23N3O2S/c1-18(8-9-20-10-11-6-7-11)15(19)17-14-16-12-4-2-3-5-13(12)21-14/h11H,2-10H2,1H3,(H,16,17,19). The summed E-state index contributed by atoms with van der Waals surface area (Å²) in [5, 5.41) is 3.63. The van der Waals surface area contributed by atoms with Gasteiger partial charge in [-0.25, -0.2) is 9.78 Å². The monoisotopic (exact) mass is 309 g/mol. The fourth-order valence-corrected chi connectivity index (χ4v) is 3.47. The molecule has 21 heavy (non-hydrogen) atoms. The first-order valence-corrected chi connectivity index (χ1v) is 8.62. The van der Waals surface area contributed by atoms with E-state index in [1.54, 1.807) is 23.3 Å². The number of carbonyl (C=O) groups excluding carboxylic acids is 1. The third-order valence-electron chi connectivity index (χ3n) is 4.03. The van der Waals surface area contributed by atoms with Gasteiger partial charge in [0, 0.05) is 25.1 Å². The Balaban J connectivity index is 1.42. The highest BCUT2D eigenvalue weighted by molar-refractivity contribution is 7.15. The number of nitrogens with one attached hydrogen (secondary N) is 1. The number of likely N-dealkylation sites (N-methyl/N-ethyl adjacent to an activating group) is 1. The van der Waals surface area contributed by atoms with Crippen molar-refractivity contribution in [3.8, 4) is 0 Å². The van der Waals surface area contributed by atoms with E-state index in [1.165, 1.54) is 36.3 Å². The summed E-state index contributed by atoms with van der Waals surface area (Å²) in [7, 11) is 1.79. The molecule has 6 heteroatoms. The predicted molar refractivity (Wildman–Crippen MR) is 83.9 cm³/mol. The van der Waals surface area contributed by atoms with Crippen LogP contribution in [0.1, 0.15) is 36.3 Å². The first-order chi connectivity index (χ1) is 10.2. The lowest BCUT2D eigenvalue weighted by atomic mass is 10.0. The third-order valence-corrected chi connectivity index (χ3v) is 5.10. The minimum Gasteiger partial charge on any atom is -0.379 e. The van der Waals surface area contributed by atoms with Gasteiger partial charge in [-0.15, -0.1) is 11.3 Å². The van der Waals surface area contributed by atoms with Crippen molar-refractivity contribution < 1.29 is 9.53 Å². The third kappa shape index (κ3) is 4.17. The minimum atomic E-state index is -0.101. The molecule has 0 bridgehead atoms. The topological polar surface area (TPSA) is 54.5 Å².